The van der Waals surface area contributed by atoms with Crippen molar-refractivity contribution in [1.29, 1.82) is 0 Å². The standard InChI is InChI=1S/C29H36O4/c1-2-3-4-5-6-7-8-9-10-11-12-15-20-33-29(32)22-18-19-25-26(21-22)28(31)24-17-14-13-16-23(24)27(25)30/h13-14,16-19,21H,2-12,15,20H2,1H3. The van der Waals surface area contributed by atoms with E-state index in [4.69, 9.17) is 4.74 Å². The molecule has 33 heavy (non-hydrogen) atoms. The number of ether oxygens (including phenoxy) is 1. The van der Waals surface area contributed by atoms with Gasteiger partial charge in [-0.3, -0.25) is 9.59 Å². The highest BCUT2D eigenvalue weighted by Crippen LogP contribution is 2.28. The SMILES string of the molecule is CCCCCCCCCCCCCCOC(=O)c1ccc2c(c1)C(=O)c1ccccc1C2=O. The molecule has 4 heteroatoms. The molecular formula is C29H36O4. The van der Waals surface area contributed by atoms with Gasteiger partial charge in [0.25, 0.3) is 0 Å². The van der Waals surface area contributed by atoms with E-state index in [1.54, 1.807) is 36.4 Å². The first kappa shape index (κ1) is 24.9. The van der Waals surface area contributed by atoms with Gasteiger partial charge in [-0.25, -0.2) is 4.79 Å². The number of unbranched alkanes of at least 4 members (excludes halogenated alkanes) is 11. The average molecular weight is 449 g/mol. The van der Waals surface area contributed by atoms with E-state index in [9.17, 15) is 14.4 Å². The molecule has 0 fully saturated rings. The number of hydrogen-bond acceptors (Lipinski definition) is 4. The second-order valence-electron chi connectivity index (χ2n) is 8.99. The third-order valence-corrected chi connectivity index (χ3v) is 6.39. The summed E-state index contributed by atoms with van der Waals surface area (Å²) in [6.45, 7) is 2.63. The maximum absolute atomic E-state index is 12.8. The number of esters is 1. The zero-order valence-corrected chi connectivity index (χ0v) is 19.9. The quantitative estimate of drug-likeness (QED) is 0.191. The molecule has 1 aliphatic rings. The highest BCUT2D eigenvalue weighted by atomic mass is 16.5. The van der Waals surface area contributed by atoms with E-state index in [0.717, 1.165) is 12.8 Å². The van der Waals surface area contributed by atoms with Gasteiger partial charge in [0.05, 0.1) is 12.2 Å². The summed E-state index contributed by atoms with van der Waals surface area (Å²) in [5.41, 5.74) is 1.73. The van der Waals surface area contributed by atoms with E-state index in [0.29, 0.717) is 28.9 Å². The van der Waals surface area contributed by atoms with Gasteiger partial charge in [-0.1, -0.05) is 102 Å². The zero-order valence-electron chi connectivity index (χ0n) is 19.9. The highest BCUT2D eigenvalue weighted by Gasteiger charge is 2.30. The molecule has 0 radical (unpaired) electrons. The Morgan fingerprint density at radius 3 is 1.70 bits per heavy atom. The summed E-state index contributed by atoms with van der Waals surface area (Å²) in [6, 6.07) is 11.4. The van der Waals surface area contributed by atoms with Crippen molar-refractivity contribution in [2.45, 2.75) is 84.0 Å². The third-order valence-electron chi connectivity index (χ3n) is 6.39. The molecule has 0 bridgehead atoms. The van der Waals surface area contributed by atoms with Gasteiger partial charge in [-0.15, -0.1) is 0 Å². The topological polar surface area (TPSA) is 60.4 Å². The van der Waals surface area contributed by atoms with Crippen LogP contribution in [0.5, 0.6) is 0 Å². The summed E-state index contributed by atoms with van der Waals surface area (Å²) < 4.78 is 5.41. The average Bonchev–Trinajstić information content (AvgIpc) is 2.85. The molecule has 0 heterocycles. The predicted molar refractivity (Wildman–Crippen MR) is 131 cm³/mol. The molecule has 4 nitrogen and oxygen atoms in total. The van der Waals surface area contributed by atoms with Crippen LogP contribution in [0.3, 0.4) is 0 Å². The lowest BCUT2D eigenvalue weighted by atomic mass is 9.83. The van der Waals surface area contributed by atoms with E-state index in [1.165, 1.54) is 70.3 Å². The molecule has 0 saturated carbocycles. The number of ketones is 2. The molecular weight excluding hydrogens is 412 g/mol. The lowest BCUT2D eigenvalue weighted by molar-refractivity contribution is 0.0497. The number of fused-ring (bicyclic) bond motifs is 2. The zero-order chi connectivity index (χ0) is 23.5. The fraction of sp³-hybridized carbons (Fsp3) is 0.483. The molecule has 0 unspecified atom stereocenters. The van der Waals surface area contributed by atoms with Crippen molar-refractivity contribution in [3.63, 3.8) is 0 Å². The van der Waals surface area contributed by atoms with Gasteiger partial charge < -0.3 is 4.74 Å². The molecule has 3 rings (SSSR count). The lowest BCUT2D eigenvalue weighted by Gasteiger charge is -2.17. The second-order valence-corrected chi connectivity index (χ2v) is 8.99. The van der Waals surface area contributed by atoms with Crippen LogP contribution in [0, 0.1) is 0 Å². The van der Waals surface area contributed by atoms with Crippen LogP contribution in [0.2, 0.25) is 0 Å². The van der Waals surface area contributed by atoms with Crippen LogP contribution in [0.15, 0.2) is 42.5 Å². The van der Waals surface area contributed by atoms with E-state index in [-0.39, 0.29) is 17.1 Å². The van der Waals surface area contributed by atoms with Crippen LogP contribution in [0.4, 0.5) is 0 Å². The molecule has 0 N–H and O–H groups in total. The first-order chi connectivity index (χ1) is 16.1. The molecule has 0 amide bonds. The van der Waals surface area contributed by atoms with E-state index >= 15 is 0 Å². The first-order valence-corrected chi connectivity index (χ1v) is 12.6. The summed E-state index contributed by atoms with van der Waals surface area (Å²) >= 11 is 0. The van der Waals surface area contributed by atoms with Crippen molar-refractivity contribution in [2.75, 3.05) is 6.61 Å². The minimum atomic E-state index is -0.444. The molecule has 0 atom stereocenters. The Kier molecular flexibility index (Phi) is 9.86. The molecule has 0 spiro atoms. The van der Waals surface area contributed by atoms with Crippen molar-refractivity contribution in [2.24, 2.45) is 0 Å². The van der Waals surface area contributed by atoms with E-state index < -0.39 is 5.97 Å². The molecule has 0 aliphatic heterocycles. The summed E-state index contributed by atoms with van der Waals surface area (Å²) in [5, 5.41) is 0. The van der Waals surface area contributed by atoms with Crippen molar-refractivity contribution in [3.8, 4) is 0 Å². The monoisotopic (exact) mass is 448 g/mol. The largest absolute Gasteiger partial charge is 0.462 e. The Balaban J connectivity index is 1.35. The van der Waals surface area contributed by atoms with Crippen LogP contribution in [0.1, 0.15) is 126 Å². The lowest BCUT2D eigenvalue weighted by Crippen LogP contribution is -2.21. The molecule has 2 aromatic carbocycles. The van der Waals surface area contributed by atoms with Gasteiger partial charge in [0, 0.05) is 22.3 Å². The molecule has 0 aromatic heterocycles. The van der Waals surface area contributed by atoms with E-state index in [2.05, 4.69) is 6.92 Å². The van der Waals surface area contributed by atoms with Gasteiger partial charge >= 0.3 is 5.97 Å². The maximum Gasteiger partial charge on any atom is 0.338 e. The molecule has 2 aromatic rings. The summed E-state index contributed by atoms with van der Waals surface area (Å²) in [4.78, 5) is 37.9. The van der Waals surface area contributed by atoms with Crippen LogP contribution in [0.25, 0.3) is 0 Å². The fourth-order valence-electron chi connectivity index (χ4n) is 4.42. The van der Waals surface area contributed by atoms with Gasteiger partial charge in [-0.05, 0) is 24.6 Å². The van der Waals surface area contributed by atoms with Crippen molar-refractivity contribution < 1.29 is 19.1 Å². The van der Waals surface area contributed by atoms with Crippen molar-refractivity contribution >= 4 is 17.5 Å². The maximum atomic E-state index is 12.8. The number of carbonyl (C=O) groups excluding carboxylic acids is 3. The summed E-state index contributed by atoms with van der Waals surface area (Å²) in [5.74, 6) is -0.854. The normalized spacial score (nSPS) is 12.4. The fourth-order valence-corrected chi connectivity index (χ4v) is 4.42. The van der Waals surface area contributed by atoms with Gasteiger partial charge in [-0.2, -0.15) is 0 Å². The van der Waals surface area contributed by atoms with Crippen LogP contribution >= 0.6 is 0 Å². The number of rotatable bonds is 14. The van der Waals surface area contributed by atoms with Crippen LogP contribution in [-0.2, 0) is 4.74 Å². The molecule has 1 aliphatic carbocycles. The predicted octanol–water partition coefficient (Wildman–Crippen LogP) is 7.32. The van der Waals surface area contributed by atoms with Gasteiger partial charge in [0.1, 0.15) is 0 Å². The number of carbonyl (C=O) groups is 3. The van der Waals surface area contributed by atoms with E-state index in [1.807, 2.05) is 0 Å². The minimum absolute atomic E-state index is 0.184. The third kappa shape index (κ3) is 6.86. The van der Waals surface area contributed by atoms with Crippen molar-refractivity contribution in [1.82, 2.24) is 0 Å². The smallest absolute Gasteiger partial charge is 0.338 e. The Hall–Kier alpha value is -2.75. The number of hydrogen-bond donors (Lipinski definition) is 0. The Morgan fingerprint density at radius 1 is 0.636 bits per heavy atom. The van der Waals surface area contributed by atoms with Gasteiger partial charge in [0.2, 0.25) is 0 Å². The molecule has 0 saturated heterocycles. The summed E-state index contributed by atoms with van der Waals surface area (Å²) in [7, 11) is 0. The Labute approximate surface area is 197 Å². The minimum Gasteiger partial charge on any atom is -0.462 e. The Bertz CT molecular complexity index is 960. The summed E-state index contributed by atoms with van der Waals surface area (Å²) in [6.07, 6.45) is 15.1. The molecule has 176 valence electrons. The number of benzene rings is 2. The highest BCUT2D eigenvalue weighted by molar-refractivity contribution is 6.28. The van der Waals surface area contributed by atoms with Crippen LogP contribution < -0.4 is 0 Å². The Morgan fingerprint density at radius 2 is 1.12 bits per heavy atom. The van der Waals surface area contributed by atoms with Gasteiger partial charge in [0.15, 0.2) is 11.6 Å². The second kappa shape index (κ2) is 13.1. The first-order valence-electron chi connectivity index (χ1n) is 12.6. The van der Waals surface area contributed by atoms with Crippen LogP contribution in [-0.4, -0.2) is 24.1 Å². The van der Waals surface area contributed by atoms with Crippen molar-refractivity contribution in [3.05, 3.63) is 70.3 Å².